The molecule has 16 heteroatoms. The Morgan fingerprint density at radius 2 is 0.737 bits per heavy atom. The van der Waals surface area contributed by atoms with Crippen LogP contribution in [0.4, 0.5) is 0 Å². The van der Waals surface area contributed by atoms with Crippen LogP contribution < -0.4 is 0 Å². The Labute approximate surface area is 437 Å². The second-order valence-corrected chi connectivity index (χ2v) is 20.0. The monoisotopic (exact) mass is 1020 g/mol. The Morgan fingerprint density at radius 3 is 1.11 bits per heavy atom. The Morgan fingerprint density at radius 1 is 0.382 bits per heavy atom. The van der Waals surface area contributed by atoms with Crippen molar-refractivity contribution in [1.29, 1.82) is 0 Å². The van der Waals surface area contributed by atoms with Crippen LogP contribution in [-0.2, 0) is 32.0 Å². The van der Waals surface area contributed by atoms with Crippen molar-refractivity contribution >= 4 is 114 Å². The molecular weight excluding hydrogens is 961 g/mol. The smallest absolute Gasteiger partial charge is 0.303 e. The predicted octanol–water partition coefficient (Wildman–Crippen LogP) is 12.6. The molecule has 0 radical (unpaired) electrons. The SMILES string of the molecule is CC1=Cc2cc3[nH]c(cc4nc(cc5[nH]c(cc1n2)c(C)c5CCC(=O)O)C(CCC(=O)O)=C4C)cc3C.CC1=Cc2cc3[nH]c(cc4nc(cc5[nH]c(cc1n2)c(C)c5CCC(=O)O)C(CCC(=O)O)=C4C)cc3C. The summed E-state index contributed by atoms with van der Waals surface area (Å²) in [5, 5.41) is 37.5. The highest BCUT2D eigenvalue weighted by atomic mass is 16.4. The molecule has 10 rings (SSSR count). The summed E-state index contributed by atoms with van der Waals surface area (Å²) >= 11 is 0. The lowest BCUT2D eigenvalue weighted by atomic mass is 10.0. The van der Waals surface area contributed by atoms with E-state index in [0.29, 0.717) is 37.1 Å². The molecule has 388 valence electrons. The van der Waals surface area contributed by atoms with Gasteiger partial charge in [0.25, 0.3) is 0 Å². The van der Waals surface area contributed by atoms with Gasteiger partial charge in [0.05, 0.1) is 45.6 Å². The van der Waals surface area contributed by atoms with Gasteiger partial charge in [-0.05, 0) is 221 Å². The average molecular weight is 1020 g/mol. The third-order valence-corrected chi connectivity index (χ3v) is 14.5. The first-order valence-corrected chi connectivity index (χ1v) is 25.3. The quantitative estimate of drug-likeness (QED) is 0.0569. The van der Waals surface area contributed by atoms with Crippen molar-refractivity contribution in [2.45, 2.75) is 107 Å². The molecule has 6 aromatic rings. The molecule has 0 atom stereocenters. The maximum atomic E-state index is 11.4. The number of aryl methyl sites for hydroxylation is 6. The van der Waals surface area contributed by atoms with E-state index in [2.05, 4.69) is 32.1 Å². The molecule has 4 aliphatic rings. The Bertz CT molecular complexity index is 3690. The molecule has 0 amide bonds. The van der Waals surface area contributed by atoms with Gasteiger partial charge in [0, 0.05) is 69.8 Å². The number of carboxylic acid groups (broad SMARTS) is 4. The summed E-state index contributed by atoms with van der Waals surface area (Å²) in [7, 11) is 0. The topological polar surface area (TPSA) is 264 Å². The Kier molecular flexibility index (Phi) is 14.4. The van der Waals surface area contributed by atoms with Crippen molar-refractivity contribution in [2.75, 3.05) is 0 Å². The number of aromatic nitrogens is 8. The number of nitrogens with zero attached hydrogens (tertiary/aromatic N) is 4. The number of carbonyl (C=O) groups is 4. The second kappa shape index (κ2) is 21.1. The lowest BCUT2D eigenvalue weighted by Gasteiger charge is -2.03. The van der Waals surface area contributed by atoms with Crippen LogP contribution in [0.2, 0.25) is 0 Å². The molecule has 0 unspecified atom stereocenters. The van der Waals surface area contributed by atoms with Crippen molar-refractivity contribution in [2.24, 2.45) is 0 Å². The third-order valence-electron chi connectivity index (χ3n) is 14.5. The highest BCUT2D eigenvalue weighted by molar-refractivity contribution is 5.96. The summed E-state index contributed by atoms with van der Waals surface area (Å²) in [6.45, 7) is 16.0. The number of hydrogen-bond acceptors (Lipinski definition) is 8. The van der Waals surface area contributed by atoms with Gasteiger partial charge in [-0.3, -0.25) is 19.2 Å². The van der Waals surface area contributed by atoms with Gasteiger partial charge in [0.1, 0.15) is 0 Å². The van der Waals surface area contributed by atoms with Gasteiger partial charge < -0.3 is 40.4 Å². The second-order valence-electron chi connectivity index (χ2n) is 20.0. The van der Waals surface area contributed by atoms with Crippen molar-refractivity contribution in [3.8, 4) is 0 Å². The van der Waals surface area contributed by atoms with Crippen molar-refractivity contribution in [3.05, 3.63) is 140 Å². The zero-order valence-corrected chi connectivity index (χ0v) is 43.8. The molecule has 16 nitrogen and oxygen atoms in total. The van der Waals surface area contributed by atoms with Gasteiger partial charge in [-0.2, -0.15) is 0 Å². The van der Waals surface area contributed by atoms with E-state index in [0.717, 1.165) is 145 Å². The van der Waals surface area contributed by atoms with E-state index in [1.807, 2.05) is 116 Å². The molecule has 0 saturated carbocycles. The van der Waals surface area contributed by atoms with Gasteiger partial charge in [-0.1, -0.05) is 0 Å². The molecule has 0 aromatic carbocycles. The molecule has 76 heavy (non-hydrogen) atoms. The zero-order valence-electron chi connectivity index (χ0n) is 43.8. The zero-order chi connectivity index (χ0) is 54.3. The summed E-state index contributed by atoms with van der Waals surface area (Å²) in [6.07, 6.45) is 5.49. The first-order chi connectivity index (χ1) is 36.2. The number of aliphatic carboxylic acids is 4. The van der Waals surface area contributed by atoms with E-state index in [1.165, 1.54) is 0 Å². The number of fused-ring (bicyclic) bond motifs is 16. The lowest BCUT2D eigenvalue weighted by Crippen LogP contribution is -1.98. The normalized spacial score (nSPS) is 13.1. The van der Waals surface area contributed by atoms with Crippen LogP contribution in [0.1, 0.15) is 145 Å². The standard InChI is InChI=1S/2C30H30N4O4/c2*1-15-9-20-12-25-17(3)21(5-7-29(35)36)27(33-25)14-28-22(6-8-30(37)38)18(4)26(34-28)13-24-16(2)10-19(32-24)11-23(15)31-20/h2*9-14,31,34H,5-8H2,1-4H3,(H,35,36)(H,37,38). The van der Waals surface area contributed by atoms with Gasteiger partial charge >= 0.3 is 23.9 Å². The van der Waals surface area contributed by atoms with Crippen LogP contribution in [0, 0.1) is 27.7 Å². The van der Waals surface area contributed by atoms with Crippen LogP contribution in [0.15, 0.2) is 60.7 Å². The van der Waals surface area contributed by atoms with Crippen LogP contribution >= 0.6 is 0 Å². The van der Waals surface area contributed by atoms with Crippen LogP contribution in [0.5, 0.6) is 0 Å². The molecule has 4 aliphatic heterocycles. The molecule has 8 N–H and O–H groups in total. The number of allylic oxidation sites excluding steroid dienone is 6. The molecule has 6 aromatic heterocycles. The molecule has 0 saturated heterocycles. The van der Waals surface area contributed by atoms with E-state index in [9.17, 15) is 39.6 Å². The fourth-order valence-electron chi connectivity index (χ4n) is 10.2. The van der Waals surface area contributed by atoms with Gasteiger partial charge in [0.15, 0.2) is 0 Å². The van der Waals surface area contributed by atoms with Gasteiger partial charge in [0.2, 0.25) is 0 Å². The van der Waals surface area contributed by atoms with Crippen molar-refractivity contribution in [3.63, 3.8) is 0 Å². The third kappa shape index (κ3) is 11.1. The first-order valence-electron chi connectivity index (χ1n) is 25.3. The number of hydrogen-bond donors (Lipinski definition) is 8. The summed E-state index contributed by atoms with van der Waals surface area (Å²) in [4.78, 5) is 79.0. The average Bonchev–Trinajstić information content (AvgIpc) is 4.23. The fraction of sp³-hybridized carbons (Fsp3) is 0.267. The summed E-state index contributed by atoms with van der Waals surface area (Å²) in [6, 6.07) is 20.0. The molecule has 10 heterocycles. The molecule has 0 spiro atoms. The summed E-state index contributed by atoms with van der Waals surface area (Å²) in [5.74, 6) is -3.47. The number of rotatable bonds is 12. The Balaban J connectivity index is 0.000000186. The predicted molar refractivity (Wildman–Crippen MR) is 299 cm³/mol. The number of aromatic amines is 4. The van der Waals surface area contributed by atoms with Crippen LogP contribution in [-0.4, -0.2) is 84.2 Å². The molecule has 0 aliphatic carbocycles. The fourth-order valence-corrected chi connectivity index (χ4v) is 10.2. The van der Waals surface area contributed by atoms with E-state index >= 15 is 0 Å². The highest BCUT2D eigenvalue weighted by Gasteiger charge is 2.22. The van der Waals surface area contributed by atoms with E-state index in [1.54, 1.807) is 0 Å². The molecule has 16 bridgehead atoms. The minimum Gasteiger partial charge on any atom is -0.481 e. The van der Waals surface area contributed by atoms with Crippen molar-refractivity contribution in [1.82, 2.24) is 39.9 Å². The largest absolute Gasteiger partial charge is 0.481 e. The first kappa shape index (κ1) is 52.0. The van der Waals surface area contributed by atoms with Gasteiger partial charge in [-0.15, -0.1) is 0 Å². The van der Waals surface area contributed by atoms with E-state index in [-0.39, 0.29) is 25.7 Å². The summed E-state index contributed by atoms with van der Waals surface area (Å²) < 4.78 is 0. The minimum absolute atomic E-state index is 0.00160. The van der Waals surface area contributed by atoms with Crippen molar-refractivity contribution < 1.29 is 39.6 Å². The van der Waals surface area contributed by atoms with Crippen LogP contribution in [0.25, 0.3) is 89.7 Å². The number of H-pyrrole nitrogens is 4. The summed E-state index contributed by atoms with van der Waals surface area (Å²) in [5.41, 5.74) is 24.8. The lowest BCUT2D eigenvalue weighted by molar-refractivity contribution is -0.138. The van der Waals surface area contributed by atoms with Crippen LogP contribution in [0.3, 0.4) is 0 Å². The molecule has 0 fully saturated rings. The number of carboxylic acids is 4. The molecular formula is C60H60N8O8. The van der Waals surface area contributed by atoms with E-state index < -0.39 is 23.9 Å². The number of nitrogens with one attached hydrogen (secondary N) is 4. The van der Waals surface area contributed by atoms with Gasteiger partial charge in [-0.25, -0.2) is 19.9 Å². The Hall–Kier alpha value is -8.92. The van der Waals surface area contributed by atoms with E-state index in [4.69, 9.17) is 19.9 Å². The maximum Gasteiger partial charge on any atom is 0.303 e. The maximum absolute atomic E-state index is 11.4. The highest BCUT2D eigenvalue weighted by Crippen LogP contribution is 2.37. The minimum atomic E-state index is -0.868.